The number of rotatable bonds is 9. The largest absolute Gasteiger partial charge is 0.508 e. The Kier molecular flexibility index (Phi) is 7.80. The number of halogens is 1. The van der Waals surface area contributed by atoms with Crippen molar-refractivity contribution < 1.29 is 14.6 Å². The minimum atomic E-state index is -0.283. The molecule has 0 saturated carbocycles. The van der Waals surface area contributed by atoms with Crippen LogP contribution in [0.4, 0.5) is 4.39 Å². The van der Waals surface area contributed by atoms with E-state index in [9.17, 15) is 14.6 Å². The number of hydrogen-bond acceptors (Lipinski definition) is 3. The van der Waals surface area contributed by atoms with Crippen LogP contribution in [0.2, 0.25) is 0 Å². The number of pyridine rings is 1. The van der Waals surface area contributed by atoms with E-state index in [1.165, 1.54) is 12.1 Å². The molecule has 0 aliphatic rings. The molecule has 0 unspecified atom stereocenters. The predicted molar refractivity (Wildman–Crippen MR) is 124 cm³/mol. The van der Waals surface area contributed by atoms with Gasteiger partial charge in [-0.2, -0.15) is 0 Å². The van der Waals surface area contributed by atoms with Gasteiger partial charge >= 0.3 is 0 Å². The maximum atomic E-state index is 13.7. The Labute approximate surface area is 184 Å². The lowest BCUT2D eigenvalue weighted by Crippen LogP contribution is -2.12. The zero-order valence-electron chi connectivity index (χ0n) is 18.7. The van der Waals surface area contributed by atoms with Gasteiger partial charge in [0.15, 0.2) is 0 Å². The van der Waals surface area contributed by atoms with E-state index in [2.05, 4.69) is 20.8 Å². The van der Waals surface area contributed by atoms with Crippen LogP contribution in [0.25, 0.3) is 11.1 Å². The molecule has 3 aromatic rings. The quantitative estimate of drug-likeness (QED) is 0.386. The summed E-state index contributed by atoms with van der Waals surface area (Å²) in [5, 5.41) is 20.7. The molecule has 3 nitrogen and oxygen atoms in total. The Hall–Kier alpha value is -2.72. The smallest absolute Gasteiger partial charge is 0.123 e. The molecule has 1 heterocycles. The number of unbranched alkanes of at least 4 members (excludes halogenated alkanes) is 2. The van der Waals surface area contributed by atoms with Crippen molar-refractivity contribution in [2.45, 2.75) is 65.4 Å². The summed E-state index contributed by atoms with van der Waals surface area (Å²) in [5.74, 6) is 0.0908. The molecule has 0 spiro atoms. The molecular formula is C27H32FNO2. The maximum absolute atomic E-state index is 13.7. The zero-order valence-corrected chi connectivity index (χ0v) is 18.7. The SMILES string of the molecule is CCCCCc1c(Cc2ccccc2O)nc(C(C)C)c(CO)c1-c1ccc(F)cc1. The molecule has 0 aliphatic heterocycles. The number of phenols is 1. The maximum Gasteiger partial charge on any atom is 0.123 e. The summed E-state index contributed by atoms with van der Waals surface area (Å²) in [4.78, 5) is 5.02. The second-order valence-corrected chi connectivity index (χ2v) is 8.36. The van der Waals surface area contributed by atoms with Gasteiger partial charge in [-0.1, -0.05) is 63.9 Å². The van der Waals surface area contributed by atoms with E-state index >= 15 is 0 Å². The molecule has 31 heavy (non-hydrogen) atoms. The van der Waals surface area contributed by atoms with Gasteiger partial charge in [0.05, 0.1) is 6.61 Å². The third kappa shape index (κ3) is 5.31. The van der Waals surface area contributed by atoms with Crippen molar-refractivity contribution in [3.8, 4) is 16.9 Å². The lowest BCUT2D eigenvalue weighted by molar-refractivity contribution is 0.279. The van der Waals surface area contributed by atoms with Crippen LogP contribution < -0.4 is 0 Å². The zero-order chi connectivity index (χ0) is 22.4. The minimum Gasteiger partial charge on any atom is -0.508 e. The number of aromatic nitrogens is 1. The monoisotopic (exact) mass is 421 g/mol. The van der Waals surface area contributed by atoms with Crippen molar-refractivity contribution in [1.29, 1.82) is 0 Å². The summed E-state index contributed by atoms with van der Waals surface area (Å²) in [7, 11) is 0. The number of hydrogen-bond donors (Lipinski definition) is 2. The first-order chi connectivity index (χ1) is 15.0. The van der Waals surface area contributed by atoms with Gasteiger partial charge < -0.3 is 10.2 Å². The fourth-order valence-corrected chi connectivity index (χ4v) is 4.15. The molecule has 0 bridgehead atoms. The Balaban J connectivity index is 2.26. The van der Waals surface area contributed by atoms with Crippen LogP contribution in [0.15, 0.2) is 48.5 Å². The predicted octanol–water partition coefficient (Wildman–Crippen LogP) is 6.53. The van der Waals surface area contributed by atoms with Crippen LogP contribution in [0.5, 0.6) is 5.75 Å². The van der Waals surface area contributed by atoms with Crippen molar-refractivity contribution in [3.63, 3.8) is 0 Å². The lowest BCUT2D eigenvalue weighted by Gasteiger charge is -2.23. The number of phenolic OH excluding ortho intramolecular Hbond substituents is 1. The van der Waals surface area contributed by atoms with Crippen LogP contribution in [0, 0.1) is 5.82 Å². The van der Waals surface area contributed by atoms with E-state index in [0.717, 1.165) is 64.9 Å². The number of aromatic hydroxyl groups is 1. The van der Waals surface area contributed by atoms with Gasteiger partial charge in [-0.15, -0.1) is 0 Å². The fraction of sp³-hybridized carbons (Fsp3) is 0.370. The molecular weight excluding hydrogens is 389 g/mol. The molecule has 4 heteroatoms. The lowest BCUT2D eigenvalue weighted by atomic mass is 9.86. The number of aliphatic hydroxyl groups is 1. The third-order valence-electron chi connectivity index (χ3n) is 5.73. The first-order valence-corrected chi connectivity index (χ1v) is 11.1. The second-order valence-electron chi connectivity index (χ2n) is 8.36. The summed E-state index contributed by atoms with van der Waals surface area (Å²) >= 11 is 0. The average Bonchev–Trinajstić information content (AvgIpc) is 2.76. The summed E-state index contributed by atoms with van der Waals surface area (Å²) in [6, 6.07) is 13.8. The number of para-hydroxylation sites is 1. The van der Waals surface area contributed by atoms with Gasteiger partial charge in [0.25, 0.3) is 0 Å². The van der Waals surface area contributed by atoms with Crippen molar-refractivity contribution in [2.24, 2.45) is 0 Å². The van der Waals surface area contributed by atoms with Gasteiger partial charge in [-0.25, -0.2) is 4.39 Å². The normalized spacial score (nSPS) is 11.3. The van der Waals surface area contributed by atoms with Crippen LogP contribution in [0.1, 0.15) is 74.0 Å². The highest BCUT2D eigenvalue weighted by atomic mass is 19.1. The van der Waals surface area contributed by atoms with Gasteiger partial charge in [0.1, 0.15) is 11.6 Å². The minimum absolute atomic E-state index is 0.120. The van der Waals surface area contributed by atoms with Gasteiger partial charge in [0.2, 0.25) is 0 Å². The number of aliphatic hydroxyl groups excluding tert-OH is 1. The summed E-state index contributed by atoms with van der Waals surface area (Å²) in [5.41, 5.74) is 6.33. The third-order valence-corrected chi connectivity index (χ3v) is 5.73. The van der Waals surface area contributed by atoms with Crippen LogP contribution >= 0.6 is 0 Å². The topological polar surface area (TPSA) is 53.4 Å². The highest BCUT2D eigenvalue weighted by Gasteiger charge is 2.22. The van der Waals surface area contributed by atoms with Crippen LogP contribution in [-0.4, -0.2) is 15.2 Å². The highest BCUT2D eigenvalue weighted by Crippen LogP contribution is 2.36. The van der Waals surface area contributed by atoms with Crippen LogP contribution in [0.3, 0.4) is 0 Å². The molecule has 2 aromatic carbocycles. The summed E-state index contributed by atoms with van der Waals surface area (Å²) in [6.45, 7) is 6.18. The molecule has 164 valence electrons. The summed E-state index contributed by atoms with van der Waals surface area (Å²) < 4.78 is 13.7. The first kappa shape index (κ1) is 23.0. The molecule has 3 rings (SSSR count). The van der Waals surface area contributed by atoms with Crippen molar-refractivity contribution >= 4 is 0 Å². The molecule has 0 aliphatic carbocycles. The van der Waals surface area contributed by atoms with Crippen molar-refractivity contribution in [3.05, 3.63) is 82.4 Å². The van der Waals surface area contributed by atoms with E-state index in [1.54, 1.807) is 18.2 Å². The van der Waals surface area contributed by atoms with Gasteiger partial charge in [-0.3, -0.25) is 4.98 Å². The molecule has 0 atom stereocenters. The Morgan fingerprint density at radius 1 is 0.968 bits per heavy atom. The fourth-order valence-electron chi connectivity index (χ4n) is 4.15. The Morgan fingerprint density at radius 2 is 1.68 bits per heavy atom. The number of nitrogens with zero attached hydrogens (tertiary/aromatic N) is 1. The Bertz CT molecular complexity index is 1010. The van der Waals surface area contributed by atoms with Crippen LogP contribution in [-0.2, 0) is 19.4 Å². The second kappa shape index (κ2) is 10.5. The molecule has 0 fully saturated rings. The molecule has 2 N–H and O–H groups in total. The molecule has 0 saturated heterocycles. The standard InChI is InChI=1S/C27H32FNO2/c1-4-5-6-10-22-24(16-20-9-7-8-11-25(20)31)29-27(18(2)3)23(17-30)26(22)19-12-14-21(28)15-13-19/h7-9,11-15,18,30-31H,4-6,10,16-17H2,1-3H3. The van der Waals surface area contributed by atoms with E-state index in [0.29, 0.717) is 6.42 Å². The highest BCUT2D eigenvalue weighted by molar-refractivity contribution is 5.73. The van der Waals surface area contributed by atoms with Crippen molar-refractivity contribution in [2.75, 3.05) is 0 Å². The van der Waals surface area contributed by atoms with Gasteiger partial charge in [0, 0.05) is 23.4 Å². The van der Waals surface area contributed by atoms with E-state index in [-0.39, 0.29) is 24.1 Å². The van der Waals surface area contributed by atoms with Gasteiger partial charge in [-0.05, 0) is 59.2 Å². The van der Waals surface area contributed by atoms with Crippen molar-refractivity contribution in [1.82, 2.24) is 4.98 Å². The number of benzene rings is 2. The van der Waals surface area contributed by atoms with E-state index < -0.39 is 0 Å². The molecule has 0 radical (unpaired) electrons. The summed E-state index contributed by atoms with van der Waals surface area (Å²) in [6.07, 6.45) is 4.53. The molecule has 1 aromatic heterocycles. The Morgan fingerprint density at radius 3 is 2.29 bits per heavy atom. The average molecular weight is 422 g/mol. The van der Waals surface area contributed by atoms with E-state index in [1.807, 2.05) is 18.2 Å². The first-order valence-electron chi connectivity index (χ1n) is 11.1. The van der Waals surface area contributed by atoms with E-state index in [4.69, 9.17) is 4.98 Å². The molecule has 0 amide bonds.